The van der Waals surface area contributed by atoms with E-state index in [0.29, 0.717) is 38.1 Å². The van der Waals surface area contributed by atoms with Crippen molar-refractivity contribution >= 4 is 46.1 Å². The molecule has 1 heterocycles. The monoisotopic (exact) mass is 559 g/mol. The molecule has 4 aromatic carbocycles. The first kappa shape index (κ1) is 26.4. The number of rotatable bonds is 8. The molecule has 1 aromatic heterocycles. The molecule has 1 amide bonds. The van der Waals surface area contributed by atoms with Gasteiger partial charge in [-0.2, -0.15) is 0 Å². The summed E-state index contributed by atoms with van der Waals surface area (Å²) in [6, 6.07) is 24.1. The van der Waals surface area contributed by atoms with Crippen LogP contribution < -0.4 is 5.32 Å². The van der Waals surface area contributed by atoms with Crippen LogP contribution in [0.4, 0.5) is 0 Å². The number of hydrogen-bond acceptors (Lipinski definition) is 4. The first-order valence-electron chi connectivity index (χ1n) is 12.0. The Morgan fingerprint density at radius 2 is 1.64 bits per heavy atom. The predicted octanol–water partition coefficient (Wildman–Crippen LogP) is 7.02. The Balaban J connectivity index is 1.54. The zero-order valence-electron chi connectivity index (χ0n) is 20.7. The van der Waals surface area contributed by atoms with E-state index in [9.17, 15) is 14.7 Å². The minimum absolute atomic E-state index is 0.0478. The van der Waals surface area contributed by atoms with Crippen LogP contribution in [-0.4, -0.2) is 40.7 Å². The van der Waals surface area contributed by atoms with Gasteiger partial charge in [0.1, 0.15) is 5.82 Å². The number of nitrogens with one attached hydrogen (secondary N) is 2. The van der Waals surface area contributed by atoms with Crippen molar-refractivity contribution < 1.29 is 19.4 Å². The number of H-pyrrole nitrogens is 1. The van der Waals surface area contributed by atoms with Crippen molar-refractivity contribution in [2.45, 2.75) is 6.04 Å². The Kier molecular flexibility index (Phi) is 7.65. The van der Waals surface area contributed by atoms with Gasteiger partial charge < -0.3 is 20.1 Å². The maximum absolute atomic E-state index is 13.2. The molecule has 3 N–H and O–H groups in total. The van der Waals surface area contributed by atoms with Gasteiger partial charge >= 0.3 is 5.97 Å². The van der Waals surface area contributed by atoms with Gasteiger partial charge in [0.15, 0.2) is 0 Å². The van der Waals surface area contributed by atoms with Crippen molar-refractivity contribution in [2.75, 3.05) is 13.7 Å². The number of amides is 1. The van der Waals surface area contributed by atoms with Crippen LogP contribution in [0.3, 0.4) is 0 Å². The lowest BCUT2D eigenvalue weighted by Crippen LogP contribution is -2.31. The third-order valence-electron chi connectivity index (χ3n) is 6.32. The van der Waals surface area contributed by atoms with Crippen molar-refractivity contribution in [2.24, 2.45) is 0 Å². The number of nitrogens with zero attached hydrogens (tertiary/aromatic N) is 1. The molecule has 0 spiro atoms. The number of carbonyl (C=O) groups excluding carboxylic acids is 1. The molecule has 7 nitrogen and oxygen atoms in total. The van der Waals surface area contributed by atoms with Crippen LogP contribution in [0, 0.1) is 0 Å². The second kappa shape index (κ2) is 11.3. The van der Waals surface area contributed by atoms with Crippen LogP contribution in [0.15, 0.2) is 84.9 Å². The topological polar surface area (TPSA) is 104 Å². The number of carboxylic acid groups (broad SMARTS) is 1. The Morgan fingerprint density at radius 3 is 2.38 bits per heavy atom. The van der Waals surface area contributed by atoms with Crippen LogP contribution >= 0.6 is 23.2 Å². The van der Waals surface area contributed by atoms with E-state index in [2.05, 4.69) is 15.3 Å². The second-order valence-corrected chi connectivity index (χ2v) is 9.77. The maximum atomic E-state index is 13.2. The number of hydrogen-bond donors (Lipinski definition) is 3. The molecule has 0 saturated heterocycles. The summed E-state index contributed by atoms with van der Waals surface area (Å²) in [5, 5.41) is 14.0. The zero-order chi connectivity index (χ0) is 27.5. The number of fused-ring (bicyclic) bond motifs is 1. The van der Waals surface area contributed by atoms with Crippen LogP contribution in [0.5, 0.6) is 0 Å². The number of aromatic amines is 1. The summed E-state index contributed by atoms with van der Waals surface area (Å²) in [5.74, 6) is -1.07. The van der Waals surface area contributed by atoms with Gasteiger partial charge in [-0.3, -0.25) is 4.79 Å². The Morgan fingerprint density at radius 1 is 0.923 bits per heavy atom. The van der Waals surface area contributed by atoms with E-state index in [1.807, 2.05) is 36.4 Å². The predicted molar refractivity (Wildman–Crippen MR) is 152 cm³/mol. The quantitative estimate of drug-likeness (QED) is 0.189. The summed E-state index contributed by atoms with van der Waals surface area (Å²) in [6.07, 6.45) is 0. The summed E-state index contributed by atoms with van der Waals surface area (Å²) in [6.45, 7) is 0.258. The zero-order valence-corrected chi connectivity index (χ0v) is 22.3. The molecule has 0 unspecified atom stereocenters. The summed E-state index contributed by atoms with van der Waals surface area (Å²) in [7, 11) is 1.55. The van der Waals surface area contributed by atoms with Gasteiger partial charge in [0.2, 0.25) is 0 Å². The van der Waals surface area contributed by atoms with Crippen molar-refractivity contribution in [1.82, 2.24) is 15.3 Å². The van der Waals surface area contributed by atoms with Gasteiger partial charge in [-0.05, 0) is 65.2 Å². The fourth-order valence-electron chi connectivity index (χ4n) is 4.46. The van der Waals surface area contributed by atoms with Gasteiger partial charge in [-0.1, -0.05) is 59.6 Å². The normalized spacial score (nSPS) is 11.9. The lowest BCUT2D eigenvalue weighted by atomic mass is 9.93. The highest BCUT2D eigenvalue weighted by Crippen LogP contribution is 2.36. The van der Waals surface area contributed by atoms with E-state index in [0.717, 1.165) is 11.1 Å². The minimum atomic E-state index is -1.18. The molecule has 196 valence electrons. The van der Waals surface area contributed by atoms with Gasteiger partial charge in [-0.15, -0.1) is 0 Å². The molecule has 9 heteroatoms. The number of ether oxygens (including phenoxy) is 1. The fraction of sp³-hybridized carbons (Fsp3) is 0.100. The molecule has 0 radical (unpaired) electrons. The third-order valence-corrected chi connectivity index (χ3v) is 6.79. The smallest absolute Gasteiger partial charge is 0.336 e. The lowest BCUT2D eigenvalue weighted by molar-refractivity contribution is 0.0697. The molecule has 5 rings (SSSR count). The number of aromatic carboxylic acids is 1. The van der Waals surface area contributed by atoms with Crippen LogP contribution in [-0.2, 0) is 4.74 Å². The summed E-state index contributed by atoms with van der Waals surface area (Å²) < 4.78 is 5.29. The third kappa shape index (κ3) is 5.66. The molecule has 0 aliphatic heterocycles. The SMILES string of the molecule is COC[C@@H](NC(=O)c1ccc(-c2cc(Cl)ccc2-c2nc3cc(Cl)ccc3[nH]2)c(C(=O)O)c1)c1ccccc1. The maximum Gasteiger partial charge on any atom is 0.336 e. The van der Waals surface area contributed by atoms with Crippen LogP contribution in [0.1, 0.15) is 32.3 Å². The number of halogens is 2. The summed E-state index contributed by atoms with van der Waals surface area (Å²) in [4.78, 5) is 33.5. The van der Waals surface area contributed by atoms with E-state index >= 15 is 0 Å². The number of imidazole rings is 1. The highest BCUT2D eigenvalue weighted by Gasteiger charge is 2.22. The fourth-order valence-corrected chi connectivity index (χ4v) is 4.80. The average molecular weight is 560 g/mol. The van der Waals surface area contributed by atoms with Crippen molar-refractivity contribution in [3.63, 3.8) is 0 Å². The molecule has 39 heavy (non-hydrogen) atoms. The lowest BCUT2D eigenvalue weighted by Gasteiger charge is -2.19. The first-order valence-corrected chi connectivity index (χ1v) is 12.8. The molecule has 0 aliphatic rings. The Hall–Kier alpha value is -4.17. The van der Waals surface area contributed by atoms with Gasteiger partial charge in [-0.25, -0.2) is 9.78 Å². The minimum Gasteiger partial charge on any atom is -0.478 e. The van der Waals surface area contributed by atoms with E-state index in [1.165, 1.54) is 6.07 Å². The molecule has 0 aliphatic carbocycles. The van der Waals surface area contributed by atoms with Gasteiger partial charge in [0.25, 0.3) is 5.91 Å². The molecule has 5 aromatic rings. The largest absolute Gasteiger partial charge is 0.478 e. The van der Waals surface area contributed by atoms with Gasteiger partial charge in [0, 0.05) is 28.3 Å². The highest BCUT2D eigenvalue weighted by molar-refractivity contribution is 6.31. The number of aromatic nitrogens is 2. The van der Waals surface area contributed by atoms with Gasteiger partial charge in [0.05, 0.1) is 29.2 Å². The molecular formula is C30H23Cl2N3O4. The number of carboxylic acids is 1. The molecular weight excluding hydrogens is 537 g/mol. The first-order chi connectivity index (χ1) is 18.8. The molecule has 1 atom stereocenters. The van der Waals surface area contributed by atoms with Crippen LogP contribution in [0.25, 0.3) is 33.5 Å². The van der Waals surface area contributed by atoms with E-state index < -0.39 is 17.9 Å². The Bertz CT molecular complexity index is 1690. The number of carbonyl (C=O) groups is 2. The molecule has 0 fully saturated rings. The van der Waals surface area contributed by atoms with E-state index in [4.69, 9.17) is 27.9 Å². The number of methoxy groups -OCH3 is 1. The second-order valence-electron chi connectivity index (χ2n) is 8.89. The molecule has 0 saturated carbocycles. The summed E-state index contributed by atoms with van der Waals surface area (Å²) >= 11 is 12.5. The van der Waals surface area contributed by atoms with E-state index in [1.54, 1.807) is 49.6 Å². The Labute approximate surface area is 234 Å². The standard InChI is InChI=1S/C30H23Cl2N3O4/c1-39-16-27(17-5-3-2-4-6-17)35-29(36)18-7-10-21(24(13-18)30(37)38)23-14-19(31)8-11-22(23)28-33-25-12-9-20(32)15-26(25)34-28/h2-15,27H,16H2,1H3,(H,33,34)(H,35,36)(H,37,38)/t27-/m1/s1. The average Bonchev–Trinajstić information content (AvgIpc) is 3.35. The summed E-state index contributed by atoms with van der Waals surface area (Å²) in [5.41, 5.74) is 4.08. The number of benzene rings is 4. The van der Waals surface area contributed by atoms with Crippen molar-refractivity contribution in [3.8, 4) is 22.5 Å². The van der Waals surface area contributed by atoms with Crippen LogP contribution in [0.2, 0.25) is 10.0 Å². The van der Waals surface area contributed by atoms with Crippen molar-refractivity contribution in [3.05, 3.63) is 112 Å². The molecule has 0 bridgehead atoms. The van der Waals surface area contributed by atoms with E-state index in [-0.39, 0.29) is 17.7 Å². The highest BCUT2D eigenvalue weighted by atomic mass is 35.5. The van der Waals surface area contributed by atoms with Crippen molar-refractivity contribution in [1.29, 1.82) is 0 Å².